The summed E-state index contributed by atoms with van der Waals surface area (Å²) < 4.78 is 38.9. The lowest BCUT2D eigenvalue weighted by molar-refractivity contribution is -0.385. The minimum absolute atomic E-state index is 0.0217. The van der Waals surface area contributed by atoms with Crippen molar-refractivity contribution >= 4 is 51.7 Å². The van der Waals surface area contributed by atoms with Crippen LogP contribution in [0.2, 0.25) is 0 Å². The third kappa shape index (κ3) is 4.54. The van der Waals surface area contributed by atoms with Crippen molar-refractivity contribution in [3.8, 4) is 0 Å². The zero-order valence-corrected chi connectivity index (χ0v) is 16.1. The fraction of sp³-hybridized carbons (Fsp3) is 0.0526. The van der Waals surface area contributed by atoms with Crippen molar-refractivity contribution in [2.45, 2.75) is 6.18 Å². The Morgan fingerprint density at radius 1 is 1.14 bits per heavy atom. The van der Waals surface area contributed by atoms with Gasteiger partial charge in [-0.3, -0.25) is 19.8 Å². The summed E-state index contributed by atoms with van der Waals surface area (Å²) in [5, 5.41) is 11.0. The largest absolute Gasteiger partial charge is 0.416 e. The van der Waals surface area contributed by atoms with Gasteiger partial charge in [0.1, 0.15) is 0 Å². The van der Waals surface area contributed by atoms with Gasteiger partial charge in [-0.2, -0.15) is 13.2 Å². The number of benzene rings is 2. The predicted molar refractivity (Wildman–Crippen MR) is 109 cm³/mol. The predicted octanol–water partition coefficient (Wildman–Crippen LogP) is 5.58. The van der Waals surface area contributed by atoms with Crippen LogP contribution < -0.4 is 4.90 Å². The van der Waals surface area contributed by atoms with E-state index >= 15 is 0 Å². The minimum atomic E-state index is -4.54. The van der Waals surface area contributed by atoms with Crippen LogP contribution in [0, 0.1) is 10.1 Å². The molecule has 0 spiro atoms. The first-order valence-corrected chi connectivity index (χ1v) is 9.26. The maximum absolute atomic E-state index is 12.9. The number of nitrogens with zero attached hydrogens (tertiary/aromatic N) is 2. The number of halogens is 3. The minimum Gasteiger partial charge on any atom is -0.268 e. The molecule has 3 rings (SSSR count). The Bertz CT molecular complexity index is 1060. The van der Waals surface area contributed by atoms with Gasteiger partial charge in [0.15, 0.2) is 4.32 Å². The molecule has 2 aromatic carbocycles. The molecule has 1 aliphatic rings. The number of alkyl halides is 3. The van der Waals surface area contributed by atoms with Crippen molar-refractivity contribution in [1.29, 1.82) is 0 Å². The van der Waals surface area contributed by atoms with E-state index in [1.807, 2.05) is 0 Å². The summed E-state index contributed by atoms with van der Waals surface area (Å²) in [6, 6.07) is 10.4. The summed E-state index contributed by atoms with van der Waals surface area (Å²) in [4.78, 5) is 24.4. The molecule has 0 bridgehead atoms. The first kappa shape index (κ1) is 20.7. The number of thioether (sulfide) groups is 1. The number of anilines is 1. The van der Waals surface area contributed by atoms with Gasteiger partial charge in [-0.25, -0.2) is 0 Å². The molecule has 1 amide bonds. The number of carbonyl (C=O) groups is 1. The number of rotatable bonds is 4. The molecule has 0 N–H and O–H groups in total. The maximum Gasteiger partial charge on any atom is 0.416 e. The van der Waals surface area contributed by atoms with Crippen LogP contribution in [-0.2, 0) is 11.0 Å². The van der Waals surface area contributed by atoms with Crippen molar-refractivity contribution in [1.82, 2.24) is 0 Å². The normalized spacial score (nSPS) is 16.2. The highest BCUT2D eigenvalue weighted by atomic mass is 32.2. The van der Waals surface area contributed by atoms with Crippen molar-refractivity contribution in [2.75, 3.05) is 4.90 Å². The number of nitro benzene ring substituents is 1. The van der Waals surface area contributed by atoms with E-state index in [0.717, 1.165) is 28.8 Å². The standard InChI is InChI=1S/C19H11F3N2O3S2/c20-19(21,22)13-7-4-8-14(11-13)23-17(25)16(29-18(23)28)10-3-6-12-5-1-2-9-15(12)24(26)27/h1-11H. The highest BCUT2D eigenvalue weighted by molar-refractivity contribution is 8.27. The van der Waals surface area contributed by atoms with Gasteiger partial charge in [0.05, 0.1) is 26.6 Å². The quantitative estimate of drug-likeness (QED) is 0.271. The maximum atomic E-state index is 12.9. The number of amides is 1. The van der Waals surface area contributed by atoms with Crippen LogP contribution >= 0.6 is 24.0 Å². The molecule has 29 heavy (non-hydrogen) atoms. The molecule has 0 atom stereocenters. The average Bonchev–Trinajstić information content (AvgIpc) is 2.95. The second-order valence-corrected chi connectivity index (χ2v) is 7.44. The van der Waals surface area contributed by atoms with Gasteiger partial charge in [0.25, 0.3) is 11.6 Å². The fourth-order valence-electron chi connectivity index (χ4n) is 2.56. The van der Waals surface area contributed by atoms with E-state index in [4.69, 9.17) is 12.2 Å². The summed E-state index contributed by atoms with van der Waals surface area (Å²) in [5.74, 6) is -0.563. The molecule has 5 nitrogen and oxygen atoms in total. The Hall–Kier alpha value is -2.98. The van der Waals surface area contributed by atoms with Crippen molar-refractivity contribution in [3.63, 3.8) is 0 Å². The molecule has 2 aromatic rings. The van der Waals surface area contributed by atoms with Crippen LogP contribution in [0.25, 0.3) is 6.08 Å². The first-order valence-electron chi connectivity index (χ1n) is 8.04. The van der Waals surface area contributed by atoms with Crippen molar-refractivity contribution in [2.24, 2.45) is 0 Å². The lowest BCUT2D eigenvalue weighted by Crippen LogP contribution is -2.27. The van der Waals surface area contributed by atoms with Gasteiger partial charge >= 0.3 is 6.18 Å². The molecule has 10 heteroatoms. The highest BCUT2D eigenvalue weighted by Gasteiger charge is 2.35. The fourth-order valence-corrected chi connectivity index (χ4v) is 3.81. The van der Waals surface area contributed by atoms with Crippen LogP contribution in [0.5, 0.6) is 0 Å². The van der Waals surface area contributed by atoms with E-state index < -0.39 is 22.6 Å². The molecule has 1 aliphatic heterocycles. The summed E-state index contributed by atoms with van der Waals surface area (Å²) in [6.45, 7) is 0. The summed E-state index contributed by atoms with van der Waals surface area (Å²) >= 11 is 6.08. The van der Waals surface area contributed by atoms with Crippen LogP contribution in [0.3, 0.4) is 0 Å². The van der Waals surface area contributed by atoms with Gasteiger partial charge in [0.2, 0.25) is 0 Å². The number of hydrogen-bond donors (Lipinski definition) is 0. The summed E-state index contributed by atoms with van der Waals surface area (Å²) in [6.07, 6.45) is -0.196. The topological polar surface area (TPSA) is 63.4 Å². The molecule has 1 fully saturated rings. The van der Waals surface area contributed by atoms with Gasteiger partial charge in [-0.1, -0.05) is 48.3 Å². The second-order valence-electron chi connectivity index (χ2n) is 5.76. The number of thiocarbonyl (C=S) groups is 1. The molecule has 148 valence electrons. The Kier molecular flexibility index (Phi) is 5.85. The third-order valence-corrected chi connectivity index (χ3v) is 5.20. The highest BCUT2D eigenvalue weighted by Crippen LogP contribution is 2.37. The molecule has 0 radical (unpaired) electrons. The molecule has 0 aromatic heterocycles. The number of hydrogen-bond acceptors (Lipinski definition) is 5. The van der Waals surface area contributed by atoms with Crippen LogP contribution in [0.15, 0.2) is 65.6 Å². The van der Waals surface area contributed by atoms with E-state index in [1.165, 1.54) is 42.5 Å². The third-order valence-electron chi connectivity index (χ3n) is 3.88. The second kappa shape index (κ2) is 8.18. The molecule has 0 saturated carbocycles. The number of para-hydroxylation sites is 1. The molecular weight excluding hydrogens is 425 g/mol. The van der Waals surface area contributed by atoms with E-state index in [2.05, 4.69) is 0 Å². The van der Waals surface area contributed by atoms with Crippen molar-refractivity contribution < 1.29 is 22.9 Å². The lowest BCUT2D eigenvalue weighted by atomic mass is 10.1. The zero-order valence-electron chi connectivity index (χ0n) is 14.4. The monoisotopic (exact) mass is 436 g/mol. The molecule has 1 heterocycles. The van der Waals surface area contributed by atoms with Gasteiger partial charge in [-0.15, -0.1) is 0 Å². The SMILES string of the molecule is O=C1C(=CC=Cc2ccccc2[N+](=O)[O-])SC(=S)N1c1cccc(C(F)(F)F)c1. The van der Waals surface area contributed by atoms with E-state index in [0.29, 0.717) is 5.56 Å². The average molecular weight is 436 g/mol. The number of nitro groups is 1. The number of carbonyl (C=O) groups excluding carboxylic acids is 1. The number of allylic oxidation sites excluding steroid dienone is 2. The molecule has 0 unspecified atom stereocenters. The van der Waals surface area contributed by atoms with Crippen molar-refractivity contribution in [3.05, 3.63) is 86.8 Å². The Morgan fingerprint density at radius 2 is 1.86 bits per heavy atom. The van der Waals surface area contributed by atoms with Gasteiger partial charge in [0, 0.05) is 6.07 Å². The molecule has 0 aliphatic carbocycles. The summed E-state index contributed by atoms with van der Waals surface area (Å²) in [7, 11) is 0. The van der Waals surface area contributed by atoms with E-state index in [1.54, 1.807) is 12.1 Å². The van der Waals surface area contributed by atoms with E-state index in [-0.39, 0.29) is 20.6 Å². The molecule has 1 saturated heterocycles. The Balaban J connectivity index is 1.85. The van der Waals surface area contributed by atoms with Gasteiger partial charge < -0.3 is 0 Å². The van der Waals surface area contributed by atoms with Crippen LogP contribution in [-0.4, -0.2) is 15.2 Å². The lowest BCUT2D eigenvalue weighted by Gasteiger charge is -2.16. The molecular formula is C19H11F3N2O3S2. The Labute approximate surface area is 172 Å². The van der Waals surface area contributed by atoms with Crippen LogP contribution in [0.4, 0.5) is 24.5 Å². The van der Waals surface area contributed by atoms with Crippen LogP contribution in [0.1, 0.15) is 11.1 Å². The smallest absolute Gasteiger partial charge is 0.268 e. The van der Waals surface area contributed by atoms with E-state index in [9.17, 15) is 28.1 Å². The summed E-state index contributed by atoms with van der Waals surface area (Å²) in [5.41, 5.74) is -0.603. The Morgan fingerprint density at radius 3 is 2.55 bits per heavy atom. The van der Waals surface area contributed by atoms with Gasteiger partial charge in [-0.05, 0) is 36.4 Å². The first-order chi connectivity index (χ1) is 13.7. The zero-order chi connectivity index (χ0) is 21.2.